The molecule has 1 aliphatic rings. The highest BCUT2D eigenvalue weighted by molar-refractivity contribution is 5.68. The third-order valence-corrected chi connectivity index (χ3v) is 2.96. The number of aromatic hydroxyl groups is 1. The van der Waals surface area contributed by atoms with Gasteiger partial charge in [-0.2, -0.15) is 0 Å². The van der Waals surface area contributed by atoms with Gasteiger partial charge in [0, 0.05) is 12.5 Å². The molecule has 0 spiro atoms. The lowest BCUT2D eigenvalue weighted by Gasteiger charge is -2.33. The van der Waals surface area contributed by atoms with Crippen molar-refractivity contribution >= 4 is 6.09 Å². The molecular weight excluding hydrogens is 244 g/mol. The van der Waals surface area contributed by atoms with Crippen molar-refractivity contribution in [3.05, 3.63) is 23.5 Å². The molecule has 5 nitrogen and oxygen atoms in total. The van der Waals surface area contributed by atoms with Gasteiger partial charge < -0.3 is 14.7 Å². The number of rotatable bonds is 0. The summed E-state index contributed by atoms with van der Waals surface area (Å²) < 4.78 is 5.37. The molecule has 1 atom stereocenters. The Morgan fingerprint density at radius 3 is 2.84 bits per heavy atom. The van der Waals surface area contributed by atoms with Crippen LogP contribution in [0.15, 0.2) is 12.3 Å². The Balaban J connectivity index is 2.18. The summed E-state index contributed by atoms with van der Waals surface area (Å²) in [5.74, 6) is 0.258. The van der Waals surface area contributed by atoms with Crippen LogP contribution in [0.3, 0.4) is 0 Å². The molecule has 5 heteroatoms. The van der Waals surface area contributed by atoms with Crippen LogP contribution in [-0.2, 0) is 11.3 Å². The van der Waals surface area contributed by atoms with Gasteiger partial charge in [-0.15, -0.1) is 0 Å². The van der Waals surface area contributed by atoms with Gasteiger partial charge in [-0.25, -0.2) is 4.79 Å². The van der Waals surface area contributed by atoms with Crippen molar-refractivity contribution in [2.45, 2.75) is 45.8 Å². The molecule has 19 heavy (non-hydrogen) atoms. The van der Waals surface area contributed by atoms with Crippen molar-refractivity contribution in [2.24, 2.45) is 0 Å². The summed E-state index contributed by atoms with van der Waals surface area (Å²) in [4.78, 5) is 18.0. The van der Waals surface area contributed by atoms with Gasteiger partial charge in [-0.05, 0) is 32.4 Å². The molecule has 0 bridgehead atoms. The fourth-order valence-corrected chi connectivity index (χ4v) is 2.23. The molecule has 1 aliphatic heterocycles. The van der Waals surface area contributed by atoms with Crippen molar-refractivity contribution in [2.75, 3.05) is 6.54 Å². The summed E-state index contributed by atoms with van der Waals surface area (Å²) in [6.07, 6.45) is 1.12. The molecule has 1 aromatic heterocycles. The van der Waals surface area contributed by atoms with Crippen molar-refractivity contribution in [3.8, 4) is 5.75 Å². The quantitative estimate of drug-likeness (QED) is 0.782. The molecule has 2 heterocycles. The van der Waals surface area contributed by atoms with Crippen LogP contribution in [0.4, 0.5) is 4.79 Å². The highest BCUT2D eigenvalue weighted by Gasteiger charge is 2.29. The maximum absolute atomic E-state index is 12.1. The van der Waals surface area contributed by atoms with Crippen molar-refractivity contribution in [3.63, 3.8) is 0 Å². The molecule has 1 amide bonds. The Bertz CT molecular complexity index is 494. The first kappa shape index (κ1) is 13.6. The van der Waals surface area contributed by atoms with E-state index in [1.807, 2.05) is 27.7 Å². The number of hydrogen-bond acceptors (Lipinski definition) is 4. The van der Waals surface area contributed by atoms with Gasteiger partial charge in [0.25, 0.3) is 0 Å². The Kier molecular flexibility index (Phi) is 3.39. The molecule has 104 valence electrons. The normalized spacial score (nSPS) is 18.9. The van der Waals surface area contributed by atoms with Crippen LogP contribution in [0.25, 0.3) is 0 Å². The van der Waals surface area contributed by atoms with E-state index in [-0.39, 0.29) is 17.8 Å². The van der Waals surface area contributed by atoms with Crippen LogP contribution in [0.1, 0.15) is 44.9 Å². The predicted octanol–water partition coefficient (Wildman–Crippen LogP) is 2.64. The van der Waals surface area contributed by atoms with Gasteiger partial charge in [0.2, 0.25) is 0 Å². The Hall–Kier alpha value is -1.78. The Morgan fingerprint density at radius 2 is 2.21 bits per heavy atom. The van der Waals surface area contributed by atoms with E-state index in [2.05, 4.69) is 4.98 Å². The van der Waals surface area contributed by atoms with E-state index in [0.29, 0.717) is 13.1 Å². The monoisotopic (exact) mass is 264 g/mol. The van der Waals surface area contributed by atoms with Crippen LogP contribution in [0, 0.1) is 0 Å². The second-order valence-electron chi connectivity index (χ2n) is 6.00. The first-order valence-corrected chi connectivity index (χ1v) is 6.42. The minimum absolute atomic E-state index is 0.122. The first-order valence-electron chi connectivity index (χ1n) is 6.42. The van der Waals surface area contributed by atoms with Crippen LogP contribution < -0.4 is 0 Å². The smallest absolute Gasteiger partial charge is 0.410 e. The van der Waals surface area contributed by atoms with E-state index in [9.17, 15) is 9.90 Å². The molecule has 1 aromatic rings. The summed E-state index contributed by atoms with van der Waals surface area (Å²) in [6, 6.07) is 1.66. The topological polar surface area (TPSA) is 62.7 Å². The predicted molar refractivity (Wildman–Crippen MR) is 71.0 cm³/mol. The number of fused-ring (bicyclic) bond motifs is 1. The fraction of sp³-hybridized carbons (Fsp3) is 0.571. The fourth-order valence-electron chi connectivity index (χ4n) is 2.23. The van der Waals surface area contributed by atoms with E-state index < -0.39 is 5.60 Å². The van der Waals surface area contributed by atoms with E-state index >= 15 is 0 Å². The van der Waals surface area contributed by atoms with Gasteiger partial charge in [0.15, 0.2) is 0 Å². The number of hydrogen-bond donors (Lipinski definition) is 1. The minimum Gasteiger partial charge on any atom is -0.506 e. The number of carbonyl (C=O) groups excluding carboxylic acids is 1. The van der Waals surface area contributed by atoms with Crippen LogP contribution in [0.2, 0.25) is 0 Å². The lowest BCUT2D eigenvalue weighted by atomic mass is 9.96. The zero-order valence-corrected chi connectivity index (χ0v) is 11.8. The highest BCUT2D eigenvalue weighted by atomic mass is 16.6. The standard InChI is InChI=1S/C14H20N2O3/c1-9-7-16(13(18)19-14(2,3)4)8-10-5-11(17)6-15-12(9)10/h5-6,9,17H,7-8H2,1-4H3. The third-order valence-electron chi connectivity index (χ3n) is 2.96. The minimum atomic E-state index is -0.502. The zero-order valence-electron chi connectivity index (χ0n) is 11.8. The van der Waals surface area contributed by atoms with E-state index in [0.717, 1.165) is 11.3 Å². The van der Waals surface area contributed by atoms with Gasteiger partial charge >= 0.3 is 6.09 Å². The van der Waals surface area contributed by atoms with Crippen LogP contribution in [-0.4, -0.2) is 33.2 Å². The summed E-state index contributed by atoms with van der Waals surface area (Å²) >= 11 is 0. The molecule has 1 unspecified atom stereocenters. The second kappa shape index (κ2) is 4.72. The lowest BCUT2D eigenvalue weighted by Crippen LogP contribution is -2.41. The molecule has 0 radical (unpaired) electrons. The molecule has 1 N–H and O–H groups in total. The van der Waals surface area contributed by atoms with Gasteiger partial charge in [0.1, 0.15) is 11.4 Å². The number of carbonyl (C=O) groups is 1. The Labute approximate surface area is 113 Å². The lowest BCUT2D eigenvalue weighted by molar-refractivity contribution is 0.0207. The number of ether oxygens (including phenoxy) is 1. The molecule has 0 aliphatic carbocycles. The van der Waals surface area contributed by atoms with Crippen molar-refractivity contribution < 1.29 is 14.6 Å². The molecular formula is C14H20N2O3. The molecule has 2 rings (SSSR count). The van der Waals surface area contributed by atoms with Crippen molar-refractivity contribution in [1.82, 2.24) is 9.88 Å². The second-order valence-corrected chi connectivity index (χ2v) is 6.00. The molecule has 0 fully saturated rings. The third kappa shape index (κ3) is 3.16. The molecule has 0 saturated heterocycles. The molecule has 0 saturated carbocycles. The first-order chi connectivity index (χ1) is 8.76. The van der Waals surface area contributed by atoms with Crippen molar-refractivity contribution in [1.29, 1.82) is 0 Å². The van der Waals surface area contributed by atoms with Gasteiger partial charge in [-0.3, -0.25) is 4.98 Å². The number of pyridine rings is 1. The summed E-state index contributed by atoms with van der Waals surface area (Å²) in [5.41, 5.74) is 1.32. The van der Waals surface area contributed by atoms with Gasteiger partial charge in [-0.1, -0.05) is 6.92 Å². The van der Waals surface area contributed by atoms with E-state index in [1.165, 1.54) is 6.20 Å². The molecule has 0 aromatic carbocycles. The summed E-state index contributed by atoms with van der Waals surface area (Å²) in [7, 11) is 0. The maximum Gasteiger partial charge on any atom is 0.410 e. The summed E-state index contributed by atoms with van der Waals surface area (Å²) in [5, 5.41) is 9.49. The summed E-state index contributed by atoms with van der Waals surface area (Å²) in [6.45, 7) is 8.56. The SMILES string of the molecule is CC1CN(C(=O)OC(C)(C)C)Cc2cc(O)cnc21. The number of aromatic nitrogens is 1. The number of nitrogens with zero attached hydrogens (tertiary/aromatic N) is 2. The van der Waals surface area contributed by atoms with E-state index in [4.69, 9.17) is 4.74 Å². The highest BCUT2D eigenvalue weighted by Crippen LogP contribution is 2.29. The largest absolute Gasteiger partial charge is 0.506 e. The van der Waals surface area contributed by atoms with Gasteiger partial charge in [0.05, 0.1) is 18.4 Å². The van der Waals surface area contributed by atoms with Crippen LogP contribution >= 0.6 is 0 Å². The Morgan fingerprint density at radius 1 is 1.53 bits per heavy atom. The average Bonchev–Trinajstić information content (AvgIpc) is 2.25. The van der Waals surface area contributed by atoms with Crippen LogP contribution in [0.5, 0.6) is 5.75 Å². The maximum atomic E-state index is 12.1. The average molecular weight is 264 g/mol. The zero-order chi connectivity index (χ0) is 14.2. The van der Waals surface area contributed by atoms with E-state index in [1.54, 1.807) is 11.0 Å². The number of amides is 1.